The molecule has 0 bridgehead atoms. The zero-order valence-electron chi connectivity index (χ0n) is 9.37. The summed E-state index contributed by atoms with van der Waals surface area (Å²) < 4.78 is 0. The number of thioether (sulfide) groups is 1. The molecule has 0 saturated carbocycles. The lowest BCUT2D eigenvalue weighted by molar-refractivity contribution is -0.133. The van der Waals surface area contributed by atoms with Crippen LogP contribution in [0.3, 0.4) is 0 Å². The predicted molar refractivity (Wildman–Crippen MR) is 72.6 cm³/mol. The smallest absolute Gasteiger partial charge is 0.313 e. The van der Waals surface area contributed by atoms with Gasteiger partial charge in [-0.3, -0.25) is 9.59 Å². The maximum absolute atomic E-state index is 11.5. The van der Waals surface area contributed by atoms with E-state index in [2.05, 4.69) is 10.3 Å². The average molecular weight is 309 g/mol. The second-order valence-corrected chi connectivity index (χ2v) is 5.09. The first-order valence-electron chi connectivity index (χ1n) is 4.82. The van der Waals surface area contributed by atoms with Gasteiger partial charge in [0, 0.05) is 0 Å². The number of carbonyl (C=O) groups excluding carboxylic acids is 1. The van der Waals surface area contributed by atoms with E-state index in [1.807, 2.05) is 0 Å². The minimum absolute atomic E-state index is 0.0324. The van der Waals surface area contributed by atoms with Gasteiger partial charge in [0.2, 0.25) is 5.91 Å². The number of halogens is 2. The molecule has 2 N–H and O–H groups in total. The first-order chi connectivity index (χ1) is 8.40. The van der Waals surface area contributed by atoms with Crippen molar-refractivity contribution in [1.29, 1.82) is 0 Å². The van der Waals surface area contributed by atoms with Crippen LogP contribution in [-0.4, -0.2) is 33.5 Å². The fourth-order valence-electron chi connectivity index (χ4n) is 1.15. The van der Waals surface area contributed by atoms with Gasteiger partial charge in [0.05, 0.1) is 17.2 Å². The van der Waals surface area contributed by atoms with Crippen LogP contribution in [0.4, 0.5) is 5.69 Å². The van der Waals surface area contributed by atoms with Crippen LogP contribution in [0, 0.1) is 6.92 Å². The highest BCUT2D eigenvalue weighted by atomic mass is 35.5. The standard InChI is InChI=1S/C10H10Cl2N2O3S/c1-5-2-6(11)13-10(12)9(5)14-7(15)3-18-4-8(16)17/h2H,3-4H2,1H3,(H,14,15)(H,16,17). The highest BCUT2D eigenvalue weighted by molar-refractivity contribution is 8.00. The van der Waals surface area contributed by atoms with E-state index in [9.17, 15) is 9.59 Å². The summed E-state index contributed by atoms with van der Waals surface area (Å²) in [5.74, 6) is -1.39. The first kappa shape index (κ1) is 15.1. The maximum Gasteiger partial charge on any atom is 0.313 e. The van der Waals surface area contributed by atoms with Crippen molar-refractivity contribution < 1.29 is 14.7 Å². The van der Waals surface area contributed by atoms with Crippen molar-refractivity contribution in [2.75, 3.05) is 16.8 Å². The van der Waals surface area contributed by atoms with Crippen LogP contribution in [0.15, 0.2) is 6.07 Å². The molecule has 0 aliphatic carbocycles. The van der Waals surface area contributed by atoms with Gasteiger partial charge in [0.25, 0.3) is 0 Å². The number of pyridine rings is 1. The number of carboxylic acid groups (broad SMARTS) is 1. The Labute approximate surface area is 118 Å². The van der Waals surface area contributed by atoms with E-state index in [1.54, 1.807) is 13.0 Å². The van der Waals surface area contributed by atoms with Crippen LogP contribution in [0.5, 0.6) is 0 Å². The number of rotatable bonds is 5. The van der Waals surface area contributed by atoms with Gasteiger partial charge >= 0.3 is 5.97 Å². The average Bonchev–Trinajstić information content (AvgIpc) is 2.22. The van der Waals surface area contributed by atoms with Crippen LogP contribution < -0.4 is 5.32 Å². The molecule has 1 aromatic rings. The van der Waals surface area contributed by atoms with Crippen molar-refractivity contribution >= 4 is 52.5 Å². The molecule has 1 rings (SSSR count). The third kappa shape index (κ3) is 4.72. The Kier molecular flexibility index (Phi) is 5.71. The number of amides is 1. The van der Waals surface area contributed by atoms with E-state index < -0.39 is 5.97 Å². The van der Waals surface area contributed by atoms with Gasteiger partial charge in [0.1, 0.15) is 5.15 Å². The summed E-state index contributed by atoms with van der Waals surface area (Å²) in [6, 6.07) is 1.58. The van der Waals surface area contributed by atoms with Crippen LogP contribution in [-0.2, 0) is 9.59 Å². The maximum atomic E-state index is 11.5. The van der Waals surface area contributed by atoms with Crippen molar-refractivity contribution in [2.24, 2.45) is 0 Å². The molecule has 0 spiro atoms. The van der Waals surface area contributed by atoms with Gasteiger partial charge in [-0.05, 0) is 18.6 Å². The van der Waals surface area contributed by atoms with Crippen molar-refractivity contribution in [3.63, 3.8) is 0 Å². The zero-order valence-corrected chi connectivity index (χ0v) is 11.7. The van der Waals surface area contributed by atoms with Crippen molar-refractivity contribution in [2.45, 2.75) is 6.92 Å². The number of aromatic nitrogens is 1. The van der Waals surface area contributed by atoms with E-state index in [0.29, 0.717) is 11.3 Å². The second kappa shape index (κ2) is 6.82. The number of carboxylic acids is 1. The number of hydrogen-bond donors (Lipinski definition) is 2. The summed E-state index contributed by atoms with van der Waals surface area (Å²) in [5.41, 5.74) is 1.08. The summed E-state index contributed by atoms with van der Waals surface area (Å²) in [6.45, 7) is 1.74. The monoisotopic (exact) mass is 308 g/mol. The topological polar surface area (TPSA) is 79.3 Å². The Hall–Kier alpha value is -0.980. The fraction of sp³-hybridized carbons (Fsp3) is 0.300. The van der Waals surface area contributed by atoms with Gasteiger partial charge < -0.3 is 10.4 Å². The highest BCUT2D eigenvalue weighted by Crippen LogP contribution is 2.26. The second-order valence-electron chi connectivity index (χ2n) is 3.36. The minimum Gasteiger partial charge on any atom is -0.481 e. The lowest BCUT2D eigenvalue weighted by Crippen LogP contribution is -2.16. The van der Waals surface area contributed by atoms with E-state index in [1.165, 1.54) is 0 Å². The quantitative estimate of drug-likeness (QED) is 0.817. The summed E-state index contributed by atoms with van der Waals surface area (Å²) in [5, 5.41) is 11.4. The largest absolute Gasteiger partial charge is 0.481 e. The van der Waals surface area contributed by atoms with Crippen molar-refractivity contribution in [3.05, 3.63) is 21.9 Å². The lowest BCUT2D eigenvalue weighted by atomic mass is 10.2. The third-order valence-electron chi connectivity index (χ3n) is 1.86. The molecule has 0 aromatic carbocycles. The molecule has 0 unspecified atom stereocenters. The zero-order chi connectivity index (χ0) is 13.7. The number of nitrogens with zero attached hydrogens (tertiary/aromatic N) is 1. The van der Waals surface area contributed by atoms with Crippen molar-refractivity contribution in [3.8, 4) is 0 Å². The molecular weight excluding hydrogens is 299 g/mol. The number of aliphatic carboxylic acids is 1. The molecule has 0 radical (unpaired) electrons. The Bertz CT molecular complexity index is 459. The molecule has 18 heavy (non-hydrogen) atoms. The van der Waals surface area contributed by atoms with E-state index in [-0.39, 0.29) is 27.7 Å². The molecular formula is C10H10Cl2N2O3S. The third-order valence-corrected chi connectivity index (χ3v) is 3.25. The van der Waals surface area contributed by atoms with Crippen LogP contribution in [0.1, 0.15) is 5.56 Å². The first-order valence-corrected chi connectivity index (χ1v) is 6.73. The Morgan fingerprint density at radius 3 is 2.67 bits per heavy atom. The Balaban J connectivity index is 2.62. The molecule has 0 atom stereocenters. The van der Waals surface area contributed by atoms with Crippen molar-refractivity contribution in [1.82, 2.24) is 4.98 Å². The predicted octanol–water partition coefficient (Wildman–Crippen LogP) is 2.45. The molecule has 1 heterocycles. The summed E-state index contributed by atoms with van der Waals surface area (Å²) >= 11 is 12.6. The molecule has 0 aliphatic rings. The molecule has 1 amide bonds. The molecule has 98 valence electrons. The Morgan fingerprint density at radius 2 is 2.11 bits per heavy atom. The van der Waals surface area contributed by atoms with Gasteiger partial charge in [-0.25, -0.2) is 4.98 Å². The van der Waals surface area contributed by atoms with E-state index in [0.717, 1.165) is 11.8 Å². The number of carbonyl (C=O) groups is 2. The normalized spacial score (nSPS) is 10.2. The molecule has 1 aromatic heterocycles. The number of nitrogens with one attached hydrogen (secondary N) is 1. The SMILES string of the molecule is Cc1cc(Cl)nc(Cl)c1NC(=O)CSCC(=O)O. The van der Waals surface area contributed by atoms with Gasteiger partial charge in [0.15, 0.2) is 5.15 Å². The minimum atomic E-state index is -0.963. The molecule has 0 saturated heterocycles. The number of aryl methyl sites for hydroxylation is 1. The van der Waals surface area contributed by atoms with Gasteiger partial charge in [-0.1, -0.05) is 23.2 Å². The fourth-order valence-corrected chi connectivity index (χ4v) is 2.27. The van der Waals surface area contributed by atoms with E-state index >= 15 is 0 Å². The van der Waals surface area contributed by atoms with Crippen LogP contribution in [0.2, 0.25) is 10.3 Å². The van der Waals surface area contributed by atoms with Gasteiger partial charge in [-0.2, -0.15) is 0 Å². The lowest BCUT2D eigenvalue weighted by Gasteiger charge is -2.09. The molecule has 5 nitrogen and oxygen atoms in total. The number of anilines is 1. The summed E-state index contributed by atoms with van der Waals surface area (Å²) in [4.78, 5) is 25.6. The molecule has 8 heteroatoms. The van der Waals surface area contributed by atoms with Crippen LogP contribution >= 0.6 is 35.0 Å². The Morgan fingerprint density at radius 1 is 1.44 bits per heavy atom. The highest BCUT2D eigenvalue weighted by Gasteiger charge is 2.11. The summed E-state index contributed by atoms with van der Waals surface area (Å²) in [7, 11) is 0. The molecule has 0 fully saturated rings. The molecule has 0 aliphatic heterocycles. The number of hydrogen-bond acceptors (Lipinski definition) is 4. The van der Waals surface area contributed by atoms with E-state index in [4.69, 9.17) is 28.3 Å². The summed E-state index contributed by atoms with van der Waals surface area (Å²) in [6.07, 6.45) is 0. The van der Waals surface area contributed by atoms with Crippen LogP contribution in [0.25, 0.3) is 0 Å². The van der Waals surface area contributed by atoms with Gasteiger partial charge in [-0.15, -0.1) is 11.8 Å².